The molecule has 1 aliphatic heterocycles. The highest BCUT2D eigenvalue weighted by molar-refractivity contribution is 7.89. The normalized spacial score (nSPS) is 17.3. The number of hydrogen-bond donors (Lipinski definition) is 1. The number of benzene rings is 4. The minimum Gasteiger partial charge on any atom is -0.445 e. The van der Waals surface area contributed by atoms with Crippen LogP contribution < -0.4 is 5.32 Å². The second-order valence-electron chi connectivity index (χ2n) is 11.9. The van der Waals surface area contributed by atoms with Gasteiger partial charge in [0, 0.05) is 36.8 Å². The smallest absolute Gasteiger partial charge is 0.407 e. The summed E-state index contributed by atoms with van der Waals surface area (Å²) in [5.74, 6) is -0.0648. The van der Waals surface area contributed by atoms with E-state index in [1.165, 1.54) is 9.54 Å². The minimum absolute atomic E-state index is 0.0296. The van der Waals surface area contributed by atoms with Gasteiger partial charge in [0.25, 0.3) is 0 Å². The Bertz CT molecular complexity index is 1870. The summed E-state index contributed by atoms with van der Waals surface area (Å²) in [6.07, 6.45) is 2.82. The Kier molecular flexibility index (Phi) is 9.05. The fourth-order valence-corrected chi connectivity index (χ4v) is 8.04. The van der Waals surface area contributed by atoms with Crippen molar-refractivity contribution in [2.24, 2.45) is 0 Å². The number of likely N-dealkylation sites (tertiary alicyclic amines) is 1. The molecule has 0 radical (unpaired) electrons. The third kappa shape index (κ3) is 6.97. The number of carbonyl (C=O) groups is 1. The lowest BCUT2D eigenvalue weighted by Gasteiger charge is -2.40. The number of rotatable bonds is 9. The number of ether oxygens (including phenoxy) is 1. The SMILES string of the molecule is Cc1cc(C)c2c(ccn2S(=O)(=O)Cc2ccccc2)c1CN1CCC(NC(=O)OCc2ccccc2)CC1c1ccccc1. The van der Waals surface area contributed by atoms with E-state index in [-0.39, 0.29) is 24.4 Å². The molecule has 1 aliphatic rings. The first-order chi connectivity index (χ1) is 21.8. The number of piperidine rings is 1. The second kappa shape index (κ2) is 13.3. The zero-order valence-electron chi connectivity index (χ0n) is 25.7. The highest BCUT2D eigenvalue weighted by Crippen LogP contribution is 2.36. The molecule has 1 aromatic heterocycles. The summed E-state index contributed by atoms with van der Waals surface area (Å²) in [7, 11) is -3.63. The van der Waals surface area contributed by atoms with Gasteiger partial charge in [0.2, 0.25) is 10.0 Å². The first-order valence-electron chi connectivity index (χ1n) is 15.4. The van der Waals surface area contributed by atoms with Crippen LogP contribution in [-0.2, 0) is 33.7 Å². The van der Waals surface area contributed by atoms with Gasteiger partial charge in [-0.1, -0.05) is 97.1 Å². The molecule has 1 saturated heterocycles. The Morgan fingerprint density at radius 2 is 1.51 bits per heavy atom. The Labute approximate surface area is 265 Å². The van der Waals surface area contributed by atoms with Crippen LogP contribution in [-0.4, -0.2) is 36.0 Å². The molecule has 0 bridgehead atoms. The lowest BCUT2D eigenvalue weighted by Crippen LogP contribution is -2.46. The number of nitrogens with one attached hydrogen (secondary N) is 1. The molecular formula is C37H39N3O4S. The van der Waals surface area contributed by atoms with E-state index in [9.17, 15) is 13.2 Å². The Morgan fingerprint density at radius 1 is 0.867 bits per heavy atom. The van der Waals surface area contributed by atoms with Crippen molar-refractivity contribution in [3.8, 4) is 0 Å². The summed E-state index contributed by atoms with van der Waals surface area (Å²) >= 11 is 0. The maximum atomic E-state index is 13.6. The van der Waals surface area contributed by atoms with Gasteiger partial charge in [-0.15, -0.1) is 0 Å². The van der Waals surface area contributed by atoms with Gasteiger partial charge in [0.15, 0.2) is 0 Å². The molecule has 5 aromatic rings. The molecule has 0 aliphatic carbocycles. The predicted octanol–water partition coefficient (Wildman–Crippen LogP) is 7.27. The summed E-state index contributed by atoms with van der Waals surface area (Å²) in [5.41, 5.74) is 6.82. The van der Waals surface area contributed by atoms with E-state index >= 15 is 0 Å². The fraction of sp³-hybridized carbons (Fsp3) is 0.270. The summed E-state index contributed by atoms with van der Waals surface area (Å²) in [4.78, 5) is 15.2. The van der Waals surface area contributed by atoms with Crippen molar-refractivity contribution in [3.05, 3.63) is 143 Å². The lowest BCUT2D eigenvalue weighted by molar-refractivity contribution is 0.101. The summed E-state index contributed by atoms with van der Waals surface area (Å²) in [5, 5.41) is 4.06. The number of aromatic nitrogens is 1. The van der Waals surface area contributed by atoms with Crippen molar-refractivity contribution in [2.45, 2.75) is 57.7 Å². The monoisotopic (exact) mass is 621 g/mol. The van der Waals surface area contributed by atoms with Crippen LogP contribution in [0.4, 0.5) is 4.79 Å². The Hall–Kier alpha value is -4.40. The average molecular weight is 622 g/mol. The van der Waals surface area contributed by atoms with Crippen LogP contribution in [0.3, 0.4) is 0 Å². The van der Waals surface area contributed by atoms with Crippen LogP contribution in [0.2, 0.25) is 0 Å². The van der Waals surface area contributed by atoms with Crippen LogP contribution in [0.5, 0.6) is 0 Å². The number of aryl methyl sites for hydroxylation is 2. The fourth-order valence-electron chi connectivity index (χ4n) is 6.52. The zero-order valence-corrected chi connectivity index (χ0v) is 26.5. The first kappa shape index (κ1) is 30.6. The largest absolute Gasteiger partial charge is 0.445 e. The van der Waals surface area contributed by atoms with Gasteiger partial charge in [-0.2, -0.15) is 0 Å². The quantitative estimate of drug-likeness (QED) is 0.187. The van der Waals surface area contributed by atoms with Gasteiger partial charge in [-0.25, -0.2) is 17.2 Å². The molecule has 1 amide bonds. The molecule has 0 spiro atoms. The van der Waals surface area contributed by atoms with Crippen LogP contribution in [0.1, 0.15) is 52.3 Å². The number of fused-ring (bicyclic) bond motifs is 1. The molecule has 45 heavy (non-hydrogen) atoms. The molecular weight excluding hydrogens is 582 g/mol. The van der Waals surface area contributed by atoms with Crippen molar-refractivity contribution in [1.29, 1.82) is 0 Å². The van der Waals surface area contributed by atoms with E-state index in [1.807, 2.05) is 91.9 Å². The first-order valence-corrected chi connectivity index (χ1v) is 17.0. The van der Waals surface area contributed by atoms with Crippen LogP contribution in [0.15, 0.2) is 109 Å². The number of carbonyl (C=O) groups excluding carboxylic acids is 1. The van der Waals surface area contributed by atoms with Crippen molar-refractivity contribution < 1.29 is 17.9 Å². The lowest BCUT2D eigenvalue weighted by atomic mass is 9.90. The van der Waals surface area contributed by atoms with Gasteiger partial charge >= 0.3 is 6.09 Å². The molecule has 2 heterocycles. The van der Waals surface area contributed by atoms with E-state index < -0.39 is 16.1 Å². The van der Waals surface area contributed by atoms with E-state index in [0.29, 0.717) is 6.54 Å². The number of alkyl carbamates (subject to hydrolysis) is 1. The summed E-state index contributed by atoms with van der Waals surface area (Å²) in [6, 6.07) is 33.4. The molecule has 0 saturated carbocycles. The molecule has 2 unspecified atom stereocenters. The maximum absolute atomic E-state index is 13.6. The van der Waals surface area contributed by atoms with Gasteiger partial charge in [-0.3, -0.25) is 4.90 Å². The molecule has 7 nitrogen and oxygen atoms in total. The zero-order chi connectivity index (χ0) is 31.4. The van der Waals surface area contributed by atoms with Crippen molar-refractivity contribution in [3.63, 3.8) is 0 Å². The van der Waals surface area contributed by atoms with Crippen LogP contribution in [0.25, 0.3) is 10.9 Å². The van der Waals surface area contributed by atoms with Gasteiger partial charge in [-0.05, 0) is 66.1 Å². The predicted molar refractivity (Wildman–Crippen MR) is 178 cm³/mol. The van der Waals surface area contributed by atoms with Crippen LogP contribution in [0, 0.1) is 13.8 Å². The van der Waals surface area contributed by atoms with E-state index in [2.05, 4.69) is 35.3 Å². The Morgan fingerprint density at radius 3 is 2.20 bits per heavy atom. The third-order valence-corrected chi connectivity index (χ3v) is 10.3. The number of amides is 1. The average Bonchev–Trinajstić information content (AvgIpc) is 3.51. The molecule has 8 heteroatoms. The van der Waals surface area contributed by atoms with Crippen molar-refractivity contribution >= 4 is 27.0 Å². The molecule has 4 aromatic carbocycles. The standard InChI is InChI=1S/C37H39N3O4S/c1-27-22-28(2)36-33(19-21-40(36)45(42,43)26-30-14-8-4-9-15-30)34(27)24-39-20-18-32(23-35(39)31-16-10-5-11-17-31)38-37(41)44-25-29-12-6-3-7-13-29/h3-17,19,21-22,32,35H,18,20,23-26H2,1-2H3,(H,38,41). The highest BCUT2D eigenvalue weighted by Gasteiger charge is 2.32. The van der Waals surface area contributed by atoms with Gasteiger partial charge < -0.3 is 10.1 Å². The molecule has 232 valence electrons. The minimum atomic E-state index is -3.63. The summed E-state index contributed by atoms with van der Waals surface area (Å²) in [6.45, 7) is 5.75. The molecule has 1 N–H and O–H groups in total. The van der Waals surface area contributed by atoms with Gasteiger partial charge in [0.05, 0.1) is 11.3 Å². The second-order valence-corrected chi connectivity index (χ2v) is 13.8. The molecule has 2 atom stereocenters. The molecule has 1 fully saturated rings. The topological polar surface area (TPSA) is 80.6 Å². The van der Waals surface area contributed by atoms with Crippen LogP contribution >= 0.6 is 0 Å². The maximum Gasteiger partial charge on any atom is 0.407 e. The van der Waals surface area contributed by atoms with Gasteiger partial charge in [0.1, 0.15) is 6.61 Å². The summed E-state index contributed by atoms with van der Waals surface area (Å²) < 4.78 is 34.2. The van der Waals surface area contributed by atoms with E-state index in [1.54, 1.807) is 6.20 Å². The molecule has 6 rings (SSSR count). The van der Waals surface area contributed by atoms with E-state index in [0.717, 1.165) is 58.1 Å². The van der Waals surface area contributed by atoms with E-state index in [4.69, 9.17) is 4.74 Å². The number of nitrogens with zero attached hydrogens (tertiary/aromatic N) is 2. The Balaban J connectivity index is 1.24. The third-order valence-electron chi connectivity index (χ3n) is 8.74. The van der Waals surface area contributed by atoms with Crippen molar-refractivity contribution in [2.75, 3.05) is 6.54 Å². The number of hydrogen-bond acceptors (Lipinski definition) is 5. The van der Waals surface area contributed by atoms with Crippen molar-refractivity contribution in [1.82, 2.24) is 14.2 Å². The highest BCUT2D eigenvalue weighted by atomic mass is 32.2.